The normalized spacial score (nSPS) is 16.5. The second-order valence-corrected chi connectivity index (χ2v) is 9.03. The molecule has 1 aliphatic rings. The quantitative estimate of drug-likeness (QED) is 0.484. The third kappa shape index (κ3) is 4.67. The summed E-state index contributed by atoms with van der Waals surface area (Å²) >= 11 is 0. The molecule has 1 amide bonds. The number of amides is 1. The molecule has 3 aromatic rings. The minimum atomic E-state index is -0.0945. The second kappa shape index (κ2) is 9.11. The standard InChI is InChI=1S/C27H32N2O3/c1-18(2)22-9-8-20(4)25(16-22)32-26-13-12-24(31-26)27(30)28-14-15-29(21(5)17-28)23-10-6-19(3)7-11-23/h6-13,16,18,21H,14-15,17H2,1-5H3. The number of hydrogen-bond donors (Lipinski definition) is 0. The van der Waals surface area contributed by atoms with Crippen LogP contribution in [0.5, 0.6) is 11.7 Å². The Balaban J connectivity index is 1.42. The summed E-state index contributed by atoms with van der Waals surface area (Å²) in [7, 11) is 0. The lowest BCUT2D eigenvalue weighted by atomic mass is 10.0. The highest BCUT2D eigenvalue weighted by molar-refractivity contribution is 5.92. The zero-order valence-corrected chi connectivity index (χ0v) is 19.6. The van der Waals surface area contributed by atoms with Gasteiger partial charge in [0.1, 0.15) is 5.75 Å². The van der Waals surface area contributed by atoms with Crippen molar-refractivity contribution in [1.82, 2.24) is 4.90 Å². The van der Waals surface area contributed by atoms with E-state index in [1.54, 1.807) is 12.1 Å². The molecule has 4 rings (SSSR count). The molecule has 168 valence electrons. The predicted molar refractivity (Wildman–Crippen MR) is 128 cm³/mol. The molecule has 0 bridgehead atoms. The van der Waals surface area contributed by atoms with E-state index in [0.717, 1.165) is 17.9 Å². The van der Waals surface area contributed by atoms with E-state index in [0.29, 0.717) is 30.7 Å². The van der Waals surface area contributed by atoms with Crippen LogP contribution in [0.1, 0.15) is 53.9 Å². The molecule has 2 heterocycles. The van der Waals surface area contributed by atoms with Gasteiger partial charge in [-0.05, 0) is 62.1 Å². The van der Waals surface area contributed by atoms with Crippen molar-refractivity contribution in [3.63, 3.8) is 0 Å². The number of hydrogen-bond acceptors (Lipinski definition) is 4. The van der Waals surface area contributed by atoms with Crippen molar-refractivity contribution in [2.24, 2.45) is 0 Å². The molecule has 1 aromatic heterocycles. The summed E-state index contributed by atoms with van der Waals surface area (Å²) in [5.41, 5.74) is 4.67. The van der Waals surface area contributed by atoms with Gasteiger partial charge in [-0.2, -0.15) is 0 Å². The molecular weight excluding hydrogens is 400 g/mol. The van der Waals surface area contributed by atoms with Crippen molar-refractivity contribution < 1.29 is 13.9 Å². The van der Waals surface area contributed by atoms with Crippen LogP contribution in [0.2, 0.25) is 0 Å². The summed E-state index contributed by atoms with van der Waals surface area (Å²) in [5.74, 6) is 1.72. The summed E-state index contributed by atoms with van der Waals surface area (Å²) in [6.45, 7) is 12.6. The highest BCUT2D eigenvalue weighted by atomic mass is 16.6. The maximum absolute atomic E-state index is 13.1. The van der Waals surface area contributed by atoms with Crippen molar-refractivity contribution >= 4 is 11.6 Å². The zero-order chi connectivity index (χ0) is 22.8. The lowest BCUT2D eigenvalue weighted by Crippen LogP contribution is -2.53. The van der Waals surface area contributed by atoms with Gasteiger partial charge in [0.15, 0.2) is 5.76 Å². The summed E-state index contributed by atoms with van der Waals surface area (Å²) in [5, 5.41) is 0. The minimum Gasteiger partial charge on any atom is -0.426 e. The summed E-state index contributed by atoms with van der Waals surface area (Å²) in [6, 6.07) is 18.4. The van der Waals surface area contributed by atoms with E-state index in [1.807, 2.05) is 17.9 Å². The van der Waals surface area contributed by atoms with Crippen molar-refractivity contribution in [1.29, 1.82) is 0 Å². The Bertz CT molecular complexity index is 1080. The van der Waals surface area contributed by atoms with Gasteiger partial charge in [0, 0.05) is 37.4 Å². The zero-order valence-electron chi connectivity index (χ0n) is 19.6. The van der Waals surface area contributed by atoms with Crippen LogP contribution >= 0.6 is 0 Å². The van der Waals surface area contributed by atoms with Crippen LogP contribution in [0, 0.1) is 13.8 Å². The third-order valence-corrected chi connectivity index (χ3v) is 6.16. The fourth-order valence-electron chi connectivity index (χ4n) is 4.10. The van der Waals surface area contributed by atoms with E-state index in [-0.39, 0.29) is 11.9 Å². The summed E-state index contributed by atoms with van der Waals surface area (Å²) in [6.07, 6.45) is 0. The minimum absolute atomic E-state index is 0.0945. The Morgan fingerprint density at radius 1 is 1.03 bits per heavy atom. The molecule has 5 nitrogen and oxygen atoms in total. The van der Waals surface area contributed by atoms with E-state index in [4.69, 9.17) is 9.15 Å². The lowest BCUT2D eigenvalue weighted by Gasteiger charge is -2.41. The second-order valence-electron chi connectivity index (χ2n) is 9.03. The van der Waals surface area contributed by atoms with Gasteiger partial charge in [-0.25, -0.2) is 0 Å². The number of anilines is 1. The van der Waals surface area contributed by atoms with Crippen LogP contribution in [-0.2, 0) is 0 Å². The maximum atomic E-state index is 13.1. The molecule has 1 fully saturated rings. The van der Waals surface area contributed by atoms with Gasteiger partial charge in [-0.1, -0.05) is 43.7 Å². The van der Waals surface area contributed by atoms with Crippen LogP contribution in [0.3, 0.4) is 0 Å². The SMILES string of the molecule is Cc1ccc(N2CCN(C(=O)c3ccc(Oc4cc(C(C)C)ccc4C)o3)CC2C)cc1. The molecular formula is C27H32N2O3. The van der Waals surface area contributed by atoms with E-state index in [2.05, 4.69) is 69.0 Å². The van der Waals surface area contributed by atoms with Gasteiger partial charge < -0.3 is 19.0 Å². The topological polar surface area (TPSA) is 45.9 Å². The van der Waals surface area contributed by atoms with Crippen LogP contribution in [0.15, 0.2) is 59.0 Å². The van der Waals surface area contributed by atoms with E-state index < -0.39 is 0 Å². The van der Waals surface area contributed by atoms with Crippen molar-refractivity contribution in [3.8, 4) is 11.7 Å². The highest BCUT2D eigenvalue weighted by Crippen LogP contribution is 2.30. The summed E-state index contributed by atoms with van der Waals surface area (Å²) < 4.78 is 11.8. The molecule has 32 heavy (non-hydrogen) atoms. The maximum Gasteiger partial charge on any atom is 0.290 e. The van der Waals surface area contributed by atoms with Gasteiger partial charge in [-0.15, -0.1) is 0 Å². The highest BCUT2D eigenvalue weighted by Gasteiger charge is 2.29. The molecule has 0 aliphatic carbocycles. The number of piperazine rings is 1. The van der Waals surface area contributed by atoms with Gasteiger partial charge in [0.05, 0.1) is 0 Å². The molecule has 0 saturated carbocycles. The number of ether oxygens (including phenoxy) is 1. The first-order valence-corrected chi connectivity index (χ1v) is 11.3. The molecule has 5 heteroatoms. The monoisotopic (exact) mass is 432 g/mol. The molecule has 1 aliphatic heterocycles. The molecule has 2 aromatic carbocycles. The van der Waals surface area contributed by atoms with Gasteiger partial charge in [0.25, 0.3) is 11.9 Å². The van der Waals surface area contributed by atoms with Crippen LogP contribution < -0.4 is 9.64 Å². The number of carbonyl (C=O) groups is 1. The number of rotatable bonds is 5. The van der Waals surface area contributed by atoms with Gasteiger partial charge >= 0.3 is 0 Å². The fourth-order valence-corrected chi connectivity index (χ4v) is 4.10. The Morgan fingerprint density at radius 2 is 1.78 bits per heavy atom. The largest absolute Gasteiger partial charge is 0.426 e. The number of nitrogens with zero attached hydrogens (tertiary/aromatic N) is 2. The molecule has 0 radical (unpaired) electrons. The van der Waals surface area contributed by atoms with Crippen molar-refractivity contribution in [3.05, 3.63) is 77.0 Å². The Kier molecular flexibility index (Phi) is 6.26. The number of benzene rings is 2. The first-order chi connectivity index (χ1) is 15.3. The van der Waals surface area contributed by atoms with Crippen molar-refractivity contribution in [2.75, 3.05) is 24.5 Å². The van der Waals surface area contributed by atoms with E-state index >= 15 is 0 Å². The van der Waals surface area contributed by atoms with Crippen LogP contribution in [-0.4, -0.2) is 36.5 Å². The number of carbonyl (C=O) groups excluding carboxylic acids is 1. The predicted octanol–water partition coefficient (Wildman–Crippen LogP) is 6.16. The average Bonchev–Trinajstić information content (AvgIpc) is 3.24. The van der Waals surface area contributed by atoms with Crippen LogP contribution in [0.25, 0.3) is 0 Å². The van der Waals surface area contributed by atoms with Gasteiger partial charge in [-0.3, -0.25) is 4.79 Å². The van der Waals surface area contributed by atoms with Gasteiger partial charge in [0.2, 0.25) is 0 Å². The Hall–Kier alpha value is -3.21. The fraction of sp³-hybridized carbons (Fsp3) is 0.370. The molecule has 1 unspecified atom stereocenters. The molecule has 0 spiro atoms. The first kappa shape index (κ1) is 22.0. The number of aryl methyl sites for hydroxylation is 2. The molecule has 1 atom stereocenters. The Morgan fingerprint density at radius 3 is 2.47 bits per heavy atom. The molecule has 1 saturated heterocycles. The first-order valence-electron chi connectivity index (χ1n) is 11.3. The summed E-state index contributed by atoms with van der Waals surface area (Å²) in [4.78, 5) is 17.3. The Labute approximate surface area is 190 Å². The van der Waals surface area contributed by atoms with E-state index in [1.165, 1.54) is 16.8 Å². The number of furan rings is 1. The third-order valence-electron chi connectivity index (χ3n) is 6.16. The lowest BCUT2D eigenvalue weighted by molar-refractivity contribution is 0.0689. The smallest absolute Gasteiger partial charge is 0.290 e. The molecule has 0 N–H and O–H groups in total. The average molecular weight is 433 g/mol. The van der Waals surface area contributed by atoms with E-state index in [9.17, 15) is 4.79 Å². The van der Waals surface area contributed by atoms with Crippen LogP contribution in [0.4, 0.5) is 5.69 Å². The van der Waals surface area contributed by atoms with Crippen molar-refractivity contribution in [2.45, 2.75) is 46.6 Å².